The van der Waals surface area contributed by atoms with E-state index in [9.17, 15) is 14.7 Å². The summed E-state index contributed by atoms with van der Waals surface area (Å²) in [6.07, 6.45) is 0.381. The molecule has 1 N–H and O–H groups in total. The molecule has 30 heavy (non-hydrogen) atoms. The van der Waals surface area contributed by atoms with Gasteiger partial charge in [0.15, 0.2) is 23.0 Å². The molecule has 0 bridgehead atoms. The van der Waals surface area contributed by atoms with Gasteiger partial charge >= 0.3 is 5.97 Å². The maximum atomic E-state index is 13.0. The van der Waals surface area contributed by atoms with Crippen LogP contribution in [0.25, 0.3) is 0 Å². The number of anilines is 1. The summed E-state index contributed by atoms with van der Waals surface area (Å²) < 4.78 is 21.3. The molecule has 0 aliphatic carbocycles. The SMILES string of the molecule is COc1ccc(C2C(C(=O)O)CCC(=O)N2c2ccc(OC)c(OC)c2)cc1OC. The van der Waals surface area contributed by atoms with Crippen molar-refractivity contribution in [1.29, 1.82) is 0 Å². The van der Waals surface area contributed by atoms with E-state index in [4.69, 9.17) is 18.9 Å². The molecule has 1 fully saturated rings. The molecule has 0 radical (unpaired) electrons. The summed E-state index contributed by atoms with van der Waals surface area (Å²) in [4.78, 5) is 26.6. The molecule has 2 unspecified atom stereocenters. The summed E-state index contributed by atoms with van der Waals surface area (Å²) in [5, 5.41) is 9.89. The van der Waals surface area contributed by atoms with Gasteiger partial charge in [0.25, 0.3) is 0 Å². The van der Waals surface area contributed by atoms with E-state index in [0.29, 0.717) is 34.2 Å². The van der Waals surface area contributed by atoms with Gasteiger partial charge < -0.3 is 29.0 Å². The highest BCUT2D eigenvalue weighted by molar-refractivity contribution is 5.97. The number of ether oxygens (including phenoxy) is 4. The van der Waals surface area contributed by atoms with Gasteiger partial charge in [-0.25, -0.2) is 0 Å². The second kappa shape index (κ2) is 8.94. The van der Waals surface area contributed by atoms with Crippen LogP contribution >= 0.6 is 0 Å². The van der Waals surface area contributed by atoms with Crippen molar-refractivity contribution in [2.45, 2.75) is 18.9 Å². The van der Waals surface area contributed by atoms with Gasteiger partial charge in [-0.2, -0.15) is 0 Å². The van der Waals surface area contributed by atoms with Crippen LogP contribution in [0, 0.1) is 5.92 Å². The van der Waals surface area contributed by atoms with Crippen LogP contribution in [0.15, 0.2) is 36.4 Å². The van der Waals surface area contributed by atoms with E-state index in [0.717, 1.165) is 0 Å². The first-order valence-corrected chi connectivity index (χ1v) is 9.44. The number of methoxy groups -OCH3 is 4. The zero-order valence-electron chi connectivity index (χ0n) is 17.4. The van der Waals surface area contributed by atoms with E-state index in [1.54, 1.807) is 36.4 Å². The molecule has 1 amide bonds. The van der Waals surface area contributed by atoms with Crippen molar-refractivity contribution >= 4 is 17.6 Å². The average molecular weight is 415 g/mol. The first-order chi connectivity index (χ1) is 14.4. The highest BCUT2D eigenvalue weighted by atomic mass is 16.5. The summed E-state index contributed by atoms with van der Waals surface area (Å²) in [5.41, 5.74) is 1.17. The topological polar surface area (TPSA) is 94.5 Å². The third kappa shape index (κ3) is 3.85. The van der Waals surface area contributed by atoms with E-state index in [1.165, 1.54) is 33.3 Å². The molecule has 0 saturated carbocycles. The molecule has 0 spiro atoms. The van der Waals surface area contributed by atoms with Crippen LogP contribution in [0.4, 0.5) is 5.69 Å². The normalized spacial score (nSPS) is 18.7. The fraction of sp³-hybridized carbons (Fsp3) is 0.364. The number of benzene rings is 2. The first-order valence-electron chi connectivity index (χ1n) is 9.44. The van der Waals surface area contributed by atoms with Crippen molar-refractivity contribution in [3.8, 4) is 23.0 Å². The van der Waals surface area contributed by atoms with E-state index in [2.05, 4.69) is 0 Å². The van der Waals surface area contributed by atoms with Crippen LogP contribution in [-0.2, 0) is 9.59 Å². The lowest BCUT2D eigenvalue weighted by Crippen LogP contribution is -2.45. The molecular formula is C22H25NO7. The lowest BCUT2D eigenvalue weighted by molar-refractivity contribution is -0.144. The fourth-order valence-corrected chi connectivity index (χ4v) is 3.85. The van der Waals surface area contributed by atoms with Crippen molar-refractivity contribution in [1.82, 2.24) is 0 Å². The Hall–Kier alpha value is -3.42. The Morgan fingerprint density at radius 3 is 2.03 bits per heavy atom. The van der Waals surface area contributed by atoms with Gasteiger partial charge in [0.1, 0.15) is 0 Å². The summed E-state index contributed by atoms with van der Waals surface area (Å²) in [7, 11) is 6.06. The second-order valence-electron chi connectivity index (χ2n) is 6.85. The number of hydrogen-bond donors (Lipinski definition) is 1. The number of carboxylic acids is 1. The Morgan fingerprint density at radius 2 is 1.47 bits per heavy atom. The maximum Gasteiger partial charge on any atom is 0.308 e. The van der Waals surface area contributed by atoms with Crippen molar-refractivity contribution in [3.63, 3.8) is 0 Å². The summed E-state index contributed by atoms with van der Waals surface area (Å²) in [6.45, 7) is 0. The van der Waals surface area contributed by atoms with Crippen molar-refractivity contribution in [3.05, 3.63) is 42.0 Å². The molecular weight excluding hydrogens is 390 g/mol. The minimum Gasteiger partial charge on any atom is -0.493 e. The van der Waals surface area contributed by atoms with E-state index < -0.39 is 17.9 Å². The predicted molar refractivity (Wildman–Crippen MR) is 110 cm³/mol. The van der Waals surface area contributed by atoms with Crippen molar-refractivity contribution in [2.75, 3.05) is 33.3 Å². The number of piperidine rings is 1. The van der Waals surface area contributed by atoms with Gasteiger partial charge in [0, 0.05) is 18.2 Å². The van der Waals surface area contributed by atoms with Gasteiger partial charge in [-0.15, -0.1) is 0 Å². The number of nitrogens with zero attached hydrogens (tertiary/aromatic N) is 1. The smallest absolute Gasteiger partial charge is 0.308 e. The van der Waals surface area contributed by atoms with Gasteiger partial charge in [-0.05, 0) is 36.2 Å². The largest absolute Gasteiger partial charge is 0.493 e. The van der Waals surface area contributed by atoms with Crippen molar-refractivity contribution in [2.24, 2.45) is 5.92 Å². The molecule has 1 saturated heterocycles. The van der Waals surface area contributed by atoms with Gasteiger partial charge in [0.05, 0.1) is 40.4 Å². The molecule has 2 aromatic rings. The monoisotopic (exact) mass is 415 g/mol. The molecule has 1 aliphatic heterocycles. The molecule has 1 heterocycles. The molecule has 2 atom stereocenters. The summed E-state index contributed by atoms with van der Waals surface area (Å²) in [5.74, 6) is 0.0352. The standard InChI is InChI=1S/C22H25NO7/c1-27-16-8-5-13(11-18(16)29-3)21-15(22(25)26)7-10-20(24)23(21)14-6-9-17(28-2)19(12-14)30-4/h5-6,8-9,11-12,15,21H,7,10H2,1-4H3,(H,25,26). The zero-order chi connectivity index (χ0) is 21.8. The average Bonchev–Trinajstić information content (AvgIpc) is 2.77. The number of amides is 1. The Morgan fingerprint density at radius 1 is 0.900 bits per heavy atom. The molecule has 2 aromatic carbocycles. The molecule has 160 valence electrons. The van der Waals surface area contributed by atoms with Gasteiger partial charge in [-0.3, -0.25) is 9.59 Å². The number of hydrogen-bond acceptors (Lipinski definition) is 6. The molecule has 8 heteroatoms. The predicted octanol–water partition coefficient (Wildman–Crippen LogP) is 3.29. The first kappa shape index (κ1) is 21.3. The van der Waals surface area contributed by atoms with Gasteiger partial charge in [-0.1, -0.05) is 6.07 Å². The quantitative estimate of drug-likeness (QED) is 0.741. The van der Waals surface area contributed by atoms with Crippen LogP contribution in [0.3, 0.4) is 0 Å². The summed E-state index contributed by atoms with van der Waals surface area (Å²) >= 11 is 0. The Bertz CT molecular complexity index is 943. The molecule has 0 aromatic heterocycles. The third-order valence-electron chi connectivity index (χ3n) is 5.31. The second-order valence-corrected chi connectivity index (χ2v) is 6.85. The van der Waals surface area contributed by atoms with E-state index in [1.807, 2.05) is 0 Å². The van der Waals surface area contributed by atoms with Crippen molar-refractivity contribution < 1.29 is 33.6 Å². The number of aliphatic carboxylic acids is 1. The van der Waals surface area contributed by atoms with Crippen LogP contribution < -0.4 is 23.8 Å². The molecule has 1 aliphatic rings. The lowest BCUT2D eigenvalue weighted by Gasteiger charge is -2.40. The third-order valence-corrected chi connectivity index (χ3v) is 5.31. The summed E-state index contributed by atoms with van der Waals surface area (Å²) in [6, 6.07) is 9.55. The minimum atomic E-state index is -0.965. The van der Waals surface area contributed by atoms with E-state index >= 15 is 0 Å². The number of rotatable bonds is 7. The highest BCUT2D eigenvalue weighted by Gasteiger charge is 2.42. The van der Waals surface area contributed by atoms with Crippen LogP contribution in [0.1, 0.15) is 24.4 Å². The highest BCUT2D eigenvalue weighted by Crippen LogP contribution is 2.44. The zero-order valence-corrected chi connectivity index (χ0v) is 17.4. The van der Waals surface area contributed by atoms with Crippen LogP contribution in [0.5, 0.6) is 23.0 Å². The van der Waals surface area contributed by atoms with Gasteiger partial charge in [0.2, 0.25) is 5.91 Å². The van der Waals surface area contributed by atoms with E-state index in [-0.39, 0.29) is 18.7 Å². The molecule has 8 nitrogen and oxygen atoms in total. The Labute approximate surface area is 174 Å². The van der Waals surface area contributed by atoms with Crippen LogP contribution in [-0.4, -0.2) is 45.4 Å². The maximum absolute atomic E-state index is 13.0. The Kier molecular flexibility index (Phi) is 6.34. The minimum absolute atomic E-state index is 0.134. The number of carbonyl (C=O) groups excluding carboxylic acids is 1. The number of carbonyl (C=O) groups is 2. The van der Waals surface area contributed by atoms with Crippen LogP contribution in [0.2, 0.25) is 0 Å². The number of carboxylic acid groups (broad SMARTS) is 1. The Balaban J connectivity index is 2.15. The fourth-order valence-electron chi connectivity index (χ4n) is 3.85. The lowest BCUT2D eigenvalue weighted by atomic mass is 9.83. The molecule has 3 rings (SSSR count).